The second-order valence-electron chi connectivity index (χ2n) is 2.85. The van der Waals surface area contributed by atoms with Gasteiger partial charge in [-0.05, 0) is 13.1 Å². The van der Waals surface area contributed by atoms with Gasteiger partial charge in [0.05, 0.1) is 0 Å². The van der Waals surface area contributed by atoms with Gasteiger partial charge in [0.15, 0.2) is 0 Å². The Hall–Kier alpha value is -0.610. The molecule has 0 bridgehead atoms. The van der Waals surface area contributed by atoms with E-state index in [4.69, 9.17) is 0 Å². The van der Waals surface area contributed by atoms with E-state index in [2.05, 4.69) is 24.5 Å². The van der Waals surface area contributed by atoms with Crippen molar-refractivity contribution >= 4 is 6.41 Å². The first-order valence-corrected chi connectivity index (χ1v) is 4.95. The van der Waals surface area contributed by atoms with Gasteiger partial charge in [-0.25, -0.2) is 0 Å². The number of hydrogen-bond acceptors (Lipinski definition) is 3. The first-order valence-electron chi connectivity index (χ1n) is 4.95. The van der Waals surface area contributed by atoms with E-state index in [9.17, 15) is 4.79 Å². The molecule has 0 atom stereocenters. The molecule has 0 aliphatic rings. The van der Waals surface area contributed by atoms with Crippen molar-refractivity contribution in [3.05, 3.63) is 0 Å². The molecule has 0 rings (SSSR count). The number of amides is 1. The largest absolute Gasteiger partial charge is 0.343 e. The van der Waals surface area contributed by atoms with Crippen molar-refractivity contribution < 1.29 is 4.79 Å². The van der Waals surface area contributed by atoms with E-state index in [1.165, 1.54) is 0 Å². The summed E-state index contributed by atoms with van der Waals surface area (Å²) in [5.74, 6) is 0. The highest BCUT2D eigenvalue weighted by atomic mass is 16.1. The number of nitrogens with one attached hydrogen (secondary N) is 2. The molecule has 0 radical (unpaired) electrons. The lowest BCUT2D eigenvalue weighted by Gasteiger charge is -2.17. The molecule has 4 heteroatoms. The van der Waals surface area contributed by atoms with Crippen LogP contribution in [-0.2, 0) is 4.79 Å². The van der Waals surface area contributed by atoms with Crippen LogP contribution in [0.4, 0.5) is 0 Å². The summed E-state index contributed by atoms with van der Waals surface area (Å²) in [6.07, 6.45) is 0.911. The van der Waals surface area contributed by atoms with Crippen LogP contribution >= 0.6 is 0 Å². The molecule has 0 spiro atoms. The van der Waals surface area contributed by atoms with Crippen LogP contribution in [0.2, 0.25) is 0 Å². The number of likely N-dealkylation sites (N-methyl/N-ethyl adjacent to an activating group) is 2. The molecule has 78 valence electrons. The first kappa shape index (κ1) is 12.4. The van der Waals surface area contributed by atoms with Gasteiger partial charge in [-0.2, -0.15) is 0 Å². The van der Waals surface area contributed by atoms with Gasteiger partial charge in [-0.1, -0.05) is 13.8 Å². The molecular weight excluding hydrogens is 166 g/mol. The fraction of sp³-hybridized carbons (Fsp3) is 0.889. The zero-order valence-corrected chi connectivity index (χ0v) is 8.68. The minimum absolute atomic E-state index is 0.794. The lowest BCUT2D eigenvalue weighted by molar-refractivity contribution is -0.118. The van der Waals surface area contributed by atoms with Gasteiger partial charge in [-0.15, -0.1) is 0 Å². The van der Waals surface area contributed by atoms with Gasteiger partial charge in [0.25, 0.3) is 0 Å². The third-order valence-corrected chi connectivity index (χ3v) is 1.80. The Morgan fingerprint density at radius 2 is 1.54 bits per heavy atom. The topological polar surface area (TPSA) is 44.4 Å². The molecule has 0 unspecified atom stereocenters. The minimum Gasteiger partial charge on any atom is -0.343 e. The maximum absolute atomic E-state index is 10.6. The summed E-state index contributed by atoms with van der Waals surface area (Å²) in [5.41, 5.74) is 0. The minimum atomic E-state index is 0.794. The van der Waals surface area contributed by atoms with Crippen molar-refractivity contribution in [2.75, 3.05) is 39.3 Å². The van der Waals surface area contributed by atoms with Crippen LogP contribution < -0.4 is 10.6 Å². The smallest absolute Gasteiger partial charge is 0.209 e. The highest BCUT2D eigenvalue weighted by Gasteiger charge is 1.98. The zero-order chi connectivity index (χ0) is 9.94. The second kappa shape index (κ2) is 9.48. The molecule has 4 nitrogen and oxygen atoms in total. The monoisotopic (exact) mass is 187 g/mol. The number of rotatable bonds is 9. The molecule has 0 saturated carbocycles. The van der Waals surface area contributed by atoms with E-state index >= 15 is 0 Å². The highest BCUT2D eigenvalue weighted by molar-refractivity contribution is 5.46. The van der Waals surface area contributed by atoms with Crippen molar-refractivity contribution in [2.45, 2.75) is 13.8 Å². The molecule has 0 aromatic carbocycles. The molecule has 0 heterocycles. The Balaban J connectivity index is 3.34. The normalized spacial score (nSPS) is 10.0. The number of carbonyl (C=O) groups is 1. The molecular formula is C9H21N3O. The fourth-order valence-corrected chi connectivity index (χ4v) is 1.02. The average Bonchev–Trinajstić information content (AvgIpc) is 2.16. The van der Waals surface area contributed by atoms with Gasteiger partial charge in [-0.3, -0.25) is 4.79 Å². The molecule has 2 N–H and O–H groups in total. The maximum atomic E-state index is 10.6. The first-order chi connectivity index (χ1) is 6.35. The van der Waals surface area contributed by atoms with Crippen LogP contribution in [-0.4, -0.2) is 50.6 Å². The van der Waals surface area contributed by atoms with Gasteiger partial charge < -0.3 is 15.5 Å². The highest BCUT2D eigenvalue weighted by Crippen LogP contribution is 1.79. The van der Waals surface area contributed by atoms with Crippen molar-refractivity contribution in [1.29, 1.82) is 0 Å². The molecule has 13 heavy (non-hydrogen) atoms. The Morgan fingerprint density at radius 3 is 1.85 bits per heavy atom. The van der Waals surface area contributed by atoms with Crippen LogP contribution in [0, 0.1) is 0 Å². The summed E-state index contributed by atoms with van der Waals surface area (Å²) in [7, 11) is 0. The van der Waals surface area contributed by atoms with Gasteiger partial charge >= 0.3 is 0 Å². The van der Waals surface area contributed by atoms with E-state index in [-0.39, 0.29) is 0 Å². The summed E-state index contributed by atoms with van der Waals surface area (Å²) in [4.78, 5) is 12.3. The van der Waals surface area contributed by atoms with Crippen molar-refractivity contribution in [1.82, 2.24) is 15.5 Å². The summed E-state index contributed by atoms with van der Waals surface area (Å²) < 4.78 is 0. The molecule has 1 amide bonds. The predicted octanol–water partition coefficient (Wildman–Crippen LogP) is -0.336. The third-order valence-electron chi connectivity index (χ3n) is 1.80. The lowest BCUT2D eigenvalue weighted by Crippen LogP contribution is -2.36. The Bertz CT molecular complexity index is 109. The van der Waals surface area contributed by atoms with Gasteiger partial charge in [0.2, 0.25) is 6.41 Å². The van der Waals surface area contributed by atoms with Gasteiger partial charge in [0, 0.05) is 26.2 Å². The summed E-state index contributed by atoms with van der Waals surface area (Å²) in [6.45, 7) is 9.38. The van der Waals surface area contributed by atoms with Crippen LogP contribution in [0.3, 0.4) is 0 Å². The molecule has 0 aromatic rings. The van der Waals surface area contributed by atoms with Crippen LogP contribution in [0.25, 0.3) is 0 Å². The van der Waals surface area contributed by atoms with Crippen LogP contribution in [0.1, 0.15) is 13.8 Å². The lowest BCUT2D eigenvalue weighted by atomic mass is 10.5. The van der Waals surface area contributed by atoms with Crippen molar-refractivity contribution in [3.63, 3.8) is 0 Å². The van der Waals surface area contributed by atoms with Crippen LogP contribution in [0.5, 0.6) is 0 Å². The zero-order valence-electron chi connectivity index (χ0n) is 8.68. The Labute approximate surface area is 80.7 Å². The van der Waals surface area contributed by atoms with E-state index in [0.717, 1.165) is 45.7 Å². The Morgan fingerprint density at radius 1 is 1.08 bits per heavy atom. The van der Waals surface area contributed by atoms with Gasteiger partial charge in [0.1, 0.15) is 0 Å². The predicted molar refractivity (Wildman–Crippen MR) is 54.7 cm³/mol. The Kier molecular flexibility index (Phi) is 9.03. The van der Waals surface area contributed by atoms with E-state index < -0.39 is 0 Å². The number of nitrogens with zero attached hydrogens (tertiary/aromatic N) is 1. The summed E-state index contributed by atoms with van der Waals surface area (Å²) in [5, 5.41) is 6.36. The van der Waals surface area contributed by atoms with E-state index in [1.807, 2.05) is 0 Å². The molecule has 0 fully saturated rings. The standard InChI is InChI=1S/C9H21N3O/c1-3-10-5-7-12(9-13)8-6-11-4-2/h9-11H,3-8H2,1-2H3. The average molecular weight is 187 g/mol. The number of hydrogen-bond donors (Lipinski definition) is 2. The van der Waals surface area contributed by atoms with Crippen molar-refractivity contribution in [2.24, 2.45) is 0 Å². The molecule has 0 aromatic heterocycles. The maximum Gasteiger partial charge on any atom is 0.209 e. The summed E-state index contributed by atoms with van der Waals surface area (Å²) in [6, 6.07) is 0. The van der Waals surface area contributed by atoms with Crippen molar-refractivity contribution in [3.8, 4) is 0 Å². The van der Waals surface area contributed by atoms with E-state index in [0.29, 0.717) is 0 Å². The fourth-order valence-electron chi connectivity index (χ4n) is 1.02. The molecule has 0 aliphatic heterocycles. The quantitative estimate of drug-likeness (QED) is 0.383. The van der Waals surface area contributed by atoms with E-state index in [1.54, 1.807) is 4.90 Å². The SMILES string of the molecule is CCNCCN(C=O)CCNCC. The second-order valence-corrected chi connectivity index (χ2v) is 2.85. The third kappa shape index (κ3) is 7.74. The summed E-state index contributed by atoms with van der Waals surface area (Å²) >= 11 is 0. The van der Waals surface area contributed by atoms with Crippen LogP contribution in [0.15, 0.2) is 0 Å². The number of carbonyl (C=O) groups excluding carboxylic acids is 1. The molecule has 0 saturated heterocycles. The molecule has 0 aliphatic carbocycles.